The minimum atomic E-state index is -0.159. The summed E-state index contributed by atoms with van der Waals surface area (Å²) in [4.78, 5) is 18.8. The topological polar surface area (TPSA) is 58.5 Å². The first-order valence-corrected chi connectivity index (χ1v) is 7.53. The summed E-state index contributed by atoms with van der Waals surface area (Å²) >= 11 is 2.73. The normalized spacial score (nSPS) is 22.7. The van der Waals surface area contributed by atoms with Crippen LogP contribution < -0.4 is 0 Å². The monoisotopic (exact) mass is 280 g/mol. The first kappa shape index (κ1) is 11.9. The molecule has 2 aliphatic heterocycles. The zero-order valence-electron chi connectivity index (χ0n) is 9.70. The van der Waals surface area contributed by atoms with Gasteiger partial charge in [0, 0.05) is 18.5 Å². The van der Waals surface area contributed by atoms with Gasteiger partial charge in [0.25, 0.3) is 5.91 Å². The van der Waals surface area contributed by atoms with Gasteiger partial charge in [-0.25, -0.2) is 0 Å². The summed E-state index contributed by atoms with van der Waals surface area (Å²) in [6.45, 7) is 2.01. The Hall–Kier alpha value is -1.21. The minimum absolute atomic E-state index is 0.159. The molecule has 94 valence electrons. The van der Waals surface area contributed by atoms with E-state index in [9.17, 15) is 4.79 Å². The highest BCUT2D eigenvalue weighted by Gasteiger charge is 2.26. The lowest BCUT2D eigenvalue weighted by molar-refractivity contribution is -0.113. The van der Waals surface area contributed by atoms with E-state index in [1.165, 1.54) is 42.6 Å². The second-order valence-electron chi connectivity index (χ2n) is 4.19. The van der Waals surface area contributed by atoms with Gasteiger partial charge in [0.1, 0.15) is 0 Å². The van der Waals surface area contributed by atoms with Gasteiger partial charge >= 0.3 is 0 Å². The van der Waals surface area contributed by atoms with E-state index in [2.05, 4.69) is 19.5 Å². The first-order chi connectivity index (χ1) is 8.83. The molecule has 1 amide bonds. The zero-order valence-corrected chi connectivity index (χ0v) is 11.3. The average Bonchev–Trinajstić information content (AvgIpc) is 3.02. The molecular formula is C11H12N4OS2. The Morgan fingerprint density at radius 1 is 1.28 bits per heavy atom. The number of aliphatic imine (C=N–C) groups is 1. The smallest absolute Gasteiger partial charge is 0.286 e. The van der Waals surface area contributed by atoms with Crippen LogP contribution in [0.2, 0.25) is 0 Å². The quantitative estimate of drug-likeness (QED) is 0.736. The van der Waals surface area contributed by atoms with Crippen molar-refractivity contribution in [2.45, 2.75) is 19.3 Å². The molecule has 2 aliphatic rings. The summed E-state index contributed by atoms with van der Waals surface area (Å²) in [6, 6.07) is 0. The Bertz CT molecular complexity index is 503. The van der Waals surface area contributed by atoms with Crippen molar-refractivity contribution in [1.29, 1.82) is 0 Å². The number of hydrogen-bond donors (Lipinski definition) is 0. The second kappa shape index (κ2) is 5.19. The molecular weight excluding hydrogens is 268 g/mol. The third kappa shape index (κ3) is 2.46. The van der Waals surface area contributed by atoms with E-state index in [0.29, 0.717) is 4.91 Å². The van der Waals surface area contributed by atoms with E-state index in [1.807, 2.05) is 5.38 Å². The van der Waals surface area contributed by atoms with Crippen molar-refractivity contribution in [3.8, 4) is 0 Å². The maximum Gasteiger partial charge on any atom is 0.286 e. The molecule has 1 saturated heterocycles. The number of aromatic nitrogens is 2. The highest BCUT2D eigenvalue weighted by Crippen LogP contribution is 2.31. The Morgan fingerprint density at radius 2 is 2.11 bits per heavy atom. The van der Waals surface area contributed by atoms with Crippen molar-refractivity contribution in [2.24, 2.45) is 4.99 Å². The SMILES string of the molecule is O=C1N=C(N2CCCCC2)S/C1=C\c1csnn1. The molecule has 0 aromatic carbocycles. The third-order valence-corrected chi connectivity index (χ3v) is 4.46. The van der Waals surface area contributed by atoms with E-state index in [0.717, 1.165) is 24.0 Å². The van der Waals surface area contributed by atoms with E-state index < -0.39 is 0 Å². The molecule has 7 heteroatoms. The molecule has 3 rings (SSSR count). The Morgan fingerprint density at radius 3 is 2.83 bits per heavy atom. The van der Waals surface area contributed by atoms with Crippen LogP contribution in [-0.4, -0.2) is 38.7 Å². The van der Waals surface area contributed by atoms with Gasteiger partial charge in [-0.15, -0.1) is 5.10 Å². The van der Waals surface area contributed by atoms with Crippen LogP contribution in [0.5, 0.6) is 0 Å². The van der Waals surface area contributed by atoms with E-state index in [-0.39, 0.29) is 5.91 Å². The molecule has 1 fully saturated rings. The molecule has 0 atom stereocenters. The van der Waals surface area contributed by atoms with Crippen molar-refractivity contribution in [3.63, 3.8) is 0 Å². The average molecular weight is 280 g/mol. The van der Waals surface area contributed by atoms with Crippen LogP contribution in [0.25, 0.3) is 6.08 Å². The molecule has 0 unspecified atom stereocenters. The number of nitrogens with zero attached hydrogens (tertiary/aromatic N) is 4. The van der Waals surface area contributed by atoms with E-state index >= 15 is 0 Å². The Labute approximate surface area is 113 Å². The lowest BCUT2D eigenvalue weighted by Crippen LogP contribution is -2.33. The van der Waals surface area contributed by atoms with Gasteiger partial charge in [-0.3, -0.25) is 4.79 Å². The largest absolute Gasteiger partial charge is 0.351 e. The molecule has 3 heterocycles. The summed E-state index contributed by atoms with van der Waals surface area (Å²) < 4.78 is 3.78. The van der Waals surface area contributed by atoms with Gasteiger partial charge in [-0.05, 0) is 48.6 Å². The van der Waals surface area contributed by atoms with Crippen molar-refractivity contribution < 1.29 is 4.79 Å². The van der Waals surface area contributed by atoms with Crippen molar-refractivity contribution >= 4 is 40.4 Å². The number of hydrogen-bond acceptors (Lipinski definition) is 6. The predicted octanol–water partition coefficient (Wildman–Crippen LogP) is 1.99. The number of amides is 1. The second-order valence-corrected chi connectivity index (χ2v) is 5.81. The van der Waals surface area contributed by atoms with Crippen LogP contribution in [0.4, 0.5) is 0 Å². The molecule has 18 heavy (non-hydrogen) atoms. The molecule has 0 N–H and O–H groups in total. The van der Waals surface area contributed by atoms with Crippen LogP contribution >= 0.6 is 23.3 Å². The fourth-order valence-electron chi connectivity index (χ4n) is 1.99. The van der Waals surface area contributed by atoms with Crippen molar-refractivity contribution in [3.05, 3.63) is 16.0 Å². The van der Waals surface area contributed by atoms with Gasteiger partial charge in [-0.1, -0.05) is 4.49 Å². The predicted molar refractivity (Wildman–Crippen MR) is 73.3 cm³/mol. The van der Waals surface area contributed by atoms with Crippen LogP contribution in [0.15, 0.2) is 15.3 Å². The van der Waals surface area contributed by atoms with Crippen LogP contribution in [-0.2, 0) is 4.79 Å². The van der Waals surface area contributed by atoms with Crippen LogP contribution in [0.3, 0.4) is 0 Å². The number of thioether (sulfide) groups is 1. The summed E-state index contributed by atoms with van der Waals surface area (Å²) in [5, 5.41) is 6.57. The maximum absolute atomic E-state index is 11.8. The molecule has 0 aliphatic carbocycles. The van der Waals surface area contributed by atoms with Crippen LogP contribution in [0.1, 0.15) is 25.0 Å². The molecule has 1 aromatic heterocycles. The maximum atomic E-state index is 11.8. The Balaban J connectivity index is 1.74. The standard InChI is InChI=1S/C11H12N4OS2/c16-10-9(6-8-7-17-14-13-8)18-11(12-10)15-4-2-1-3-5-15/h6-7H,1-5H2/b9-6-. The number of carbonyl (C=O) groups excluding carboxylic acids is 1. The number of rotatable bonds is 1. The minimum Gasteiger partial charge on any atom is -0.351 e. The van der Waals surface area contributed by atoms with Crippen molar-refractivity contribution in [1.82, 2.24) is 14.5 Å². The van der Waals surface area contributed by atoms with Gasteiger partial charge < -0.3 is 4.90 Å². The summed E-state index contributed by atoms with van der Waals surface area (Å²) in [6.07, 6.45) is 5.40. The highest BCUT2D eigenvalue weighted by molar-refractivity contribution is 8.18. The molecule has 0 bridgehead atoms. The van der Waals surface area contributed by atoms with Gasteiger partial charge in [0.2, 0.25) is 0 Å². The Kier molecular flexibility index (Phi) is 3.42. The van der Waals surface area contributed by atoms with Crippen molar-refractivity contribution in [2.75, 3.05) is 13.1 Å². The number of amidine groups is 1. The van der Waals surface area contributed by atoms with Gasteiger partial charge in [0.05, 0.1) is 10.6 Å². The highest BCUT2D eigenvalue weighted by atomic mass is 32.2. The lowest BCUT2D eigenvalue weighted by atomic mass is 10.1. The molecule has 0 radical (unpaired) electrons. The lowest BCUT2D eigenvalue weighted by Gasteiger charge is -2.27. The molecule has 1 aromatic rings. The number of likely N-dealkylation sites (tertiary alicyclic amines) is 1. The molecule has 5 nitrogen and oxygen atoms in total. The molecule has 0 spiro atoms. The number of carbonyl (C=O) groups is 1. The fourth-order valence-corrected chi connectivity index (χ4v) is 3.35. The van der Waals surface area contributed by atoms with Crippen LogP contribution in [0, 0.1) is 0 Å². The summed E-state index contributed by atoms with van der Waals surface area (Å²) in [5.74, 6) is -0.159. The first-order valence-electron chi connectivity index (χ1n) is 5.87. The van der Waals surface area contributed by atoms with Gasteiger partial charge in [-0.2, -0.15) is 4.99 Å². The summed E-state index contributed by atoms with van der Waals surface area (Å²) in [7, 11) is 0. The van der Waals surface area contributed by atoms with Gasteiger partial charge in [0.15, 0.2) is 5.17 Å². The fraction of sp³-hybridized carbons (Fsp3) is 0.455. The van der Waals surface area contributed by atoms with E-state index in [1.54, 1.807) is 6.08 Å². The summed E-state index contributed by atoms with van der Waals surface area (Å²) in [5.41, 5.74) is 0.728. The zero-order chi connectivity index (χ0) is 12.4. The molecule has 0 saturated carbocycles. The third-order valence-electron chi connectivity index (χ3n) is 2.89. The van der Waals surface area contributed by atoms with E-state index in [4.69, 9.17) is 0 Å². The number of piperidine rings is 1.